The molecule has 2 aromatic carbocycles. The Labute approximate surface area is 194 Å². The summed E-state index contributed by atoms with van der Waals surface area (Å²) >= 11 is 0. The number of amides is 1. The molecule has 0 bridgehead atoms. The van der Waals surface area contributed by atoms with Crippen molar-refractivity contribution < 1.29 is 9.21 Å². The summed E-state index contributed by atoms with van der Waals surface area (Å²) in [5.41, 5.74) is 11.1. The number of benzene rings is 2. The second kappa shape index (κ2) is 8.04. The van der Waals surface area contributed by atoms with Gasteiger partial charge in [0.2, 0.25) is 0 Å². The molecule has 0 saturated heterocycles. The van der Waals surface area contributed by atoms with Gasteiger partial charge in [0.1, 0.15) is 0 Å². The van der Waals surface area contributed by atoms with Crippen LogP contribution in [0, 0.1) is 0 Å². The van der Waals surface area contributed by atoms with Gasteiger partial charge in [-0.25, -0.2) is 0 Å². The summed E-state index contributed by atoms with van der Waals surface area (Å²) in [6, 6.07) is 17.0. The second-order valence-corrected chi connectivity index (χ2v) is 9.22. The summed E-state index contributed by atoms with van der Waals surface area (Å²) in [6.45, 7) is 5.46. The van der Waals surface area contributed by atoms with E-state index in [2.05, 4.69) is 54.0 Å². The topological polar surface area (TPSA) is 45.8 Å². The van der Waals surface area contributed by atoms with Crippen LogP contribution in [0.3, 0.4) is 0 Å². The van der Waals surface area contributed by atoms with Crippen LogP contribution in [0.25, 0.3) is 5.57 Å². The molecule has 164 valence electrons. The Morgan fingerprint density at radius 3 is 2.91 bits per heavy atom. The third-order valence-electron chi connectivity index (χ3n) is 7.05. The van der Waals surface area contributed by atoms with Gasteiger partial charge in [0.05, 0.1) is 12.0 Å². The molecule has 1 aromatic heterocycles. The van der Waals surface area contributed by atoms with E-state index in [1.165, 1.54) is 33.4 Å². The van der Waals surface area contributed by atoms with Crippen LogP contribution >= 0.6 is 0 Å². The number of hydrogen-bond donors (Lipinski definition) is 0. The summed E-state index contributed by atoms with van der Waals surface area (Å²) in [5.74, 6) is 0.499. The minimum atomic E-state index is 0.00795. The number of fused-ring (bicyclic) bond motifs is 3. The third kappa shape index (κ3) is 3.66. The predicted molar refractivity (Wildman–Crippen MR) is 131 cm³/mol. The minimum absolute atomic E-state index is 0.00795. The SMILES string of the molecule is C=C1C=Nc2ccc(CCc3ccoc3C(=O)N3CCC4=C(Cc5ccccc54)C3)cc2C1. The molecule has 0 fully saturated rings. The van der Waals surface area contributed by atoms with E-state index in [4.69, 9.17) is 4.42 Å². The van der Waals surface area contributed by atoms with Gasteiger partial charge in [0.25, 0.3) is 5.91 Å². The number of carbonyl (C=O) groups is 1. The summed E-state index contributed by atoms with van der Waals surface area (Å²) in [6.07, 6.45) is 7.83. The molecule has 4 nitrogen and oxygen atoms in total. The highest BCUT2D eigenvalue weighted by Crippen LogP contribution is 2.38. The van der Waals surface area contributed by atoms with Gasteiger partial charge >= 0.3 is 0 Å². The van der Waals surface area contributed by atoms with Crippen molar-refractivity contribution in [2.24, 2.45) is 4.99 Å². The maximum atomic E-state index is 13.4. The van der Waals surface area contributed by atoms with Crippen LogP contribution in [0.1, 0.15) is 44.8 Å². The first-order valence-corrected chi connectivity index (χ1v) is 11.6. The molecule has 0 atom stereocenters. The van der Waals surface area contributed by atoms with Crippen LogP contribution in [0.2, 0.25) is 0 Å². The zero-order valence-corrected chi connectivity index (χ0v) is 18.6. The van der Waals surface area contributed by atoms with Crippen LogP contribution in [0.15, 0.2) is 81.9 Å². The maximum Gasteiger partial charge on any atom is 0.290 e. The van der Waals surface area contributed by atoms with Crippen molar-refractivity contribution in [2.45, 2.75) is 32.1 Å². The molecule has 3 aromatic rings. The molecule has 6 rings (SSSR count). The van der Waals surface area contributed by atoms with Crippen molar-refractivity contribution in [3.05, 3.63) is 106 Å². The molecule has 33 heavy (non-hydrogen) atoms. The van der Waals surface area contributed by atoms with Gasteiger partial charge in [-0.3, -0.25) is 9.79 Å². The van der Waals surface area contributed by atoms with Gasteiger partial charge in [-0.05, 0) is 76.8 Å². The predicted octanol–water partition coefficient (Wildman–Crippen LogP) is 5.74. The lowest BCUT2D eigenvalue weighted by atomic mass is 9.96. The Morgan fingerprint density at radius 2 is 1.97 bits per heavy atom. The number of nitrogens with zero attached hydrogens (tertiary/aromatic N) is 2. The van der Waals surface area contributed by atoms with Crippen LogP contribution in [0.4, 0.5) is 5.69 Å². The molecule has 0 radical (unpaired) electrons. The van der Waals surface area contributed by atoms with Gasteiger partial charge in [-0.15, -0.1) is 0 Å². The molecule has 0 spiro atoms. The highest BCUT2D eigenvalue weighted by molar-refractivity contribution is 5.94. The smallest absolute Gasteiger partial charge is 0.290 e. The van der Waals surface area contributed by atoms with Crippen LogP contribution in [0.5, 0.6) is 0 Å². The lowest BCUT2D eigenvalue weighted by Crippen LogP contribution is -2.36. The van der Waals surface area contributed by atoms with E-state index >= 15 is 0 Å². The lowest BCUT2D eigenvalue weighted by molar-refractivity contribution is 0.0734. The largest absolute Gasteiger partial charge is 0.459 e. The molecule has 2 aliphatic heterocycles. The van der Waals surface area contributed by atoms with Gasteiger partial charge in [0, 0.05) is 31.3 Å². The van der Waals surface area contributed by atoms with Gasteiger partial charge in [0.15, 0.2) is 5.76 Å². The van der Waals surface area contributed by atoms with Gasteiger partial charge in [-0.1, -0.05) is 43.0 Å². The molecule has 3 heterocycles. The fourth-order valence-corrected chi connectivity index (χ4v) is 5.34. The first kappa shape index (κ1) is 20.0. The van der Waals surface area contributed by atoms with E-state index in [-0.39, 0.29) is 5.91 Å². The van der Waals surface area contributed by atoms with Crippen LogP contribution < -0.4 is 0 Å². The number of furan rings is 1. The number of allylic oxidation sites excluding steroid dienone is 1. The third-order valence-corrected chi connectivity index (χ3v) is 7.05. The van der Waals surface area contributed by atoms with Crippen molar-refractivity contribution in [3.63, 3.8) is 0 Å². The number of hydrogen-bond acceptors (Lipinski definition) is 3. The van der Waals surface area contributed by atoms with Crippen molar-refractivity contribution >= 4 is 23.4 Å². The summed E-state index contributed by atoms with van der Waals surface area (Å²) in [7, 11) is 0. The van der Waals surface area contributed by atoms with E-state index in [0.29, 0.717) is 12.3 Å². The summed E-state index contributed by atoms with van der Waals surface area (Å²) < 4.78 is 5.71. The fraction of sp³-hybridized carbons (Fsp3) is 0.241. The van der Waals surface area contributed by atoms with E-state index in [9.17, 15) is 4.79 Å². The average Bonchev–Trinajstić information content (AvgIpc) is 3.46. The highest BCUT2D eigenvalue weighted by Gasteiger charge is 2.31. The molecular formula is C29H26N2O2. The second-order valence-electron chi connectivity index (χ2n) is 9.22. The van der Waals surface area contributed by atoms with Crippen molar-refractivity contribution in [2.75, 3.05) is 13.1 Å². The maximum absolute atomic E-state index is 13.4. The monoisotopic (exact) mass is 434 g/mol. The van der Waals surface area contributed by atoms with E-state index < -0.39 is 0 Å². The Hall–Kier alpha value is -3.66. The summed E-state index contributed by atoms with van der Waals surface area (Å²) in [5, 5.41) is 0. The van der Waals surface area contributed by atoms with Gasteiger partial charge in [-0.2, -0.15) is 0 Å². The first-order chi connectivity index (χ1) is 16.2. The fourth-order valence-electron chi connectivity index (χ4n) is 5.34. The van der Waals surface area contributed by atoms with E-state index in [1.54, 1.807) is 6.26 Å². The van der Waals surface area contributed by atoms with Crippen molar-refractivity contribution in [1.29, 1.82) is 0 Å². The first-order valence-electron chi connectivity index (χ1n) is 11.6. The molecule has 0 unspecified atom stereocenters. The molecule has 1 aliphatic carbocycles. The molecule has 0 saturated carbocycles. The normalized spacial score (nSPS) is 16.6. The average molecular weight is 435 g/mol. The lowest BCUT2D eigenvalue weighted by Gasteiger charge is -2.28. The number of aryl methyl sites for hydroxylation is 2. The number of aliphatic imine (C=N–C) groups is 1. The van der Waals surface area contributed by atoms with E-state index in [1.807, 2.05) is 17.2 Å². The molecular weight excluding hydrogens is 408 g/mol. The zero-order chi connectivity index (χ0) is 22.4. The minimum Gasteiger partial charge on any atom is -0.459 e. The summed E-state index contributed by atoms with van der Waals surface area (Å²) in [4.78, 5) is 19.8. The van der Waals surface area contributed by atoms with Crippen LogP contribution in [-0.2, 0) is 25.7 Å². The van der Waals surface area contributed by atoms with Crippen molar-refractivity contribution in [3.8, 4) is 0 Å². The van der Waals surface area contributed by atoms with Crippen LogP contribution in [-0.4, -0.2) is 30.1 Å². The number of rotatable bonds is 4. The molecule has 4 heteroatoms. The standard InChI is InChI=1S/C29H26N2O2/c1-19-14-23-15-20(7-9-27(23)30-17-19)6-8-21-11-13-33-28(21)29(32)31-12-10-26-24(18-31)16-22-4-2-3-5-25(22)26/h2-5,7,9,11,13,15,17H,1,6,8,10,12,14,16,18H2. The Morgan fingerprint density at radius 1 is 1.06 bits per heavy atom. The van der Waals surface area contributed by atoms with E-state index in [0.717, 1.165) is 55.5 Å². The molecule has 0 N–H and O–H groups in total. The number of carbonyl (C=O) groups excluding carboxylic acids is 1. The Balaban J connectivity index is 1.15. The zero-order valence-electron chi connectivity index (χ0n) is 18.6. The quantitative estimate of drug-likeness (QED) is 0.526. The molecule has 1 amide bonds. The Kier molecular flexibility index (Phi) is 4.87. The molecule has 3 aliphatic rings. The van der Waals surface area contributed by atoms with Gasteiger partial charge < -0.3 is 9.32 Å². The Bertz CT molecular complexity index is 1340. The van der Waals surface area contributed by atoms with Crippen molar-refractivity contribution in [1.82, 2.24) is 4.90 Å². The highest BCUT2D eigenvalue weighted by atomic mass is 16.3.